The van der Waals surface area contributed by atoms with Gasteiger partial charge in [0.2, 0.25) is 0 Å². The lowest BCUT2D eigenvalue weighted by molar-refractivity contribution is 0.299. The maximum Gasteiger partial charge on any atom is 0.188 e. The van der Waals surface area contributed by atoms with E-state index in [0.717, 1.165) is 16.7 Å². The Morgan fingerprint density at radius 3 is 2.74 bits per heavy atom. The Morgan fingerprint density at radius 1 is 1.11 bits per heavy atom. The zero-order valence-corrected chi connectivity index (χ0v) is 15.6. The first-order valence-electron chi connectivity index (χ1n) is 8.30. The second kappa shape index (κ2) is 6.85. The SMILES string of the molecule is Cc1c(Cl)cccc1-c1ccc(OCc2ncn(C)n2)c2c(N)ncnc12. The fourth-order valence-electron chi connectivity index (χ4n) is 3.00. The molecule has 0 saturated carbocycles. The summed E-state index contributed by atoms with van der Waals surface area (Å²) in [4.78, 5) is 12.8. The van der Waals surface area contributed by atoms with Crippen molar-refractivity contribution in [2.75, 3.05) is 5.73 Å². The third-order valence-electron chi connectivity index (χ3n) is 4.34. The Balaban J connectivity index is 1.82. The lowest BCUT2D eigenvalue weighted by Gasteiger charge is -2.14. The number of nitrogen functional groups attached to an aromatic ring is 1. The van der Waals surface area contributed by atoms with Gasteiger partial charge in [-0.2, -0.15) is 5.10 Å². The van der Waals surface area contributed by atoms with E-state index in [9.17, 15) is 0 Å². The molecule has 0 spiro atoms. The number of fused-ring (bicyclic) bond motifs is 1. The van der Waals surface area contributed by atoms with Gasteiger partial charge in [-0.3, -0.25) is 4.68 Å². The van der Waals surface area contributed by atoms with E-state index in [1.807, 2.05) is 37.3 Å². The third kappa shape index (κ3) is 3.17. The zero-order chi connectivity index (χ0) is 19.0. The van der Waals surface area contributed by atoms with Gasteiger partial charge in [0.1, 0.15) is 30.8 Å². The number of anilines is 1. The Hall–Kier alpha value is -3.19. The number of ether oxygens (including phenoxy) is 1. The summed E-state index contributed by atoms with van der Waals surface area (Å²) in [6.45, 7) is 2.20. The minimum Gasteiger partial charge on any atom is -0.485 e. The van der Waals surface area contributed by atoms with Crippen LogP contribution in [-0.2, 0) is 13.7 Å². The van der Waals surface area contributed by atoms with Crippen molar-refractivity contribution in [1.29, 1.82) is 0 Å². The molecule has 2 heterocycles. The van der Waals surface area contributed by atoms with Crippen LogP contribution in [0.5, 0.6) is 5.75 Å². The van der Waals surface area contributed by atoms with Gasteiger partial charge in [-0.15, -0.1) is 0 Å². The molecule has 0 saturated heterocycles. The quantitative estimate of drug-likeness (QED) is 0.582. The van der Waals surface area contributed by atoms with E-state index in [1.165, 1.54) is 6.33 Å². The molecule has 0 aliphatic carbocycles. The van der Waals surface area contributed by atoms with E-state index in [0.29, 0.717) is 33.3 Å². The summed E-state index contributed by atoms with van der Waals surface area (Å²) >= 11 is 6.30. The highest BCUT2D eigenvalue weighted by molar-refractivity contribution is 6.31. The number of aromatic nitrogens is 5. The summed E-state index contributed by atoms with van der Waals surface area (Å²) < 4.78 is 7.54. The van der Waals surface area contributed by atoms with Crippen molar-refractivity contribution < 1.29 is 4.74 Å². The molecule has 0 radical (unpaired) electrons. The minimum atomic E-state index is 0.222. The third-order valence-corrected chi connectivity index (χ3v) is 4.75. The molecule has 0 aliphatic rings. The van der Waals surface area contributed by atoms with E-state index in [4.69, 9.17) is 22.1 Å². The van der Waals surface area contributed by atoms with Crippen LogP contribution in [0.25, 0.3) is 22.0 Å². The van der Waals surface area contributed by atoms with E-state index in [2.05, 4.69) is 20.1 Å². The second-order valence-corrected chi connectivity index (χ2v) is 6.54. The number of rotatable bonds is 4. The van der Waals surface area contributed by atoms with Crippen molar-refractivity contribution in [3.63, 3.8) is 0 Å². The molecule has 2 aromatic heterocycles. The molecule has 0 atom stereocenters. The monoisotopic (exact) mass is 380 g/mol. The molecule has 0 unspecified atom stereocenters. The number of aryl methyl sites for hydroxylation is 1. The summed E-state index contributed by atoms with van der Waals surface area (Å²) in [6.07, 6.45) is 3.07. The van der Waals surface area contributed by atoms with E-state index in [1.54, 1.807) is 18.1 Å². The van der Waals surface area contributed by atoms with Crippen LogP contribution < -0.4 is 10.5 Å². The fourth-order valence-corrected chi connectivity index (χ4v) is 3.17. The van der Waals surface area contributed by atoms with Gasteiger partial charge in [-0.05, 0) is 36.2 Å². The van der Waals surface area contributed by atoms with Crippen LogP contribution in [0.3, 0.4) is 0 Å². The van der Waals surface area contributed by atoms with Gasteiger partial charge >= 0.3 is 0 Å². The molecule has 4 rings (SSSR count). The first-order chi connectivity index (χ1) is 13.0. The number of benzene rings is 2. The highest BCUT2D eigenvalue weighted by Gasteiger charge is 2.16. The molecule has 136 valence electrons. The lowest BCUT2D eigenvalue weighted by atomic mass is 9.97. The van der Waals surface area contributed by atoms with Crippen LogP contribution in [0, 0.1) is 6.92 Å². The molecule has 7 nitrogen and oxygen atoms in total. The van der Waals surface area contributed by atoms with Crippen molar-refractivity contribution in [1.82, 2.24) is 24.7 Å². The van der Waals surface area contributed by atoms with Gasteiger partial charge in [0.05, 0.1) is 10.9 Å². The topological polar surface area (TPSA) is 91.7 Å². The van der Waals surface area contributed by atoms with Crippen molar-refractivity contribution in [3.8, 4) is 16.9 Å². The molecule has 4 aromatic rings. The summed E-state index contributed by atoms with van der Waals surface area (Å²) in [5.41, 5.74) is 9.74. The average molecular weight is 381 g/mol. The van der Waals surface area contributed by atoms with Crippen LogP contribution in [0.15, 0.2) is 43.0 Å². The first-order valence-corrected chi connectivity index (χ1v) is 8.68. The first kappa shape index (κ1) is 17.2. The van der Waals surface area contributed by atoms with Crippen LogP contribution in [0.1, 0.15) is 11.4 Å². The lowest BCUT2D eigenvalue weighted by Crippen LogP contribution is -2.02. The maximum absolute atomic E-state index is 6.30. The normalized spacial score (nSPS) is 11.1. The van der Waals surface area contributed by atoms with Crippen molar-refractivity contribution in [2.24, 2.45) is 7.05 Å². The summed E-state index contributed by atoms with van der Waals surface area (Å²) in [6, 6.07) is 9.60. The molecule has 0 amide bonds. The second-order valence-electron chi connectivity index (χ2n) is 6.13. The molecular weight excluding hydrogens is 364 g/mol. The summed E-state index contributed by atoms with van der Waals surface area (Å²) in [5.74, 6) is 1.51. The van der Waals surface area contributed by atoms with E-state index >= 15 is 0 Å². The smallest absolute Gasteiger partial charge is 0.188 e. The van der Waals surface area contributed by atoms with Crippen LogP contribution in [0.4, 0.5) is 5.82 Å². The molecule has 8 heteroatoms. The van der Waals surface area contributed by atoms with Crippen molar-refractivity contribution in [2.45, 2.75) is 13.5 Å². The number of hydrogen-bond donors (Lipinski definition) is 1. The van der Waals surface area contributed by atoms with Gasteiger partial charge in [0, 0.05) is 17.6 Å². The number of hydrogen-bond acceptors (Lipinski definition) is 6. The van der Waals surface area contributed by atoms with Gasteiger partial charge in [0.15, 0.2) is 5.82 Å². The summed E-state index contributed by atoms with van der Waals surface area (Å²) in [5, 5.41) is 5.57. The molecule has 0 fully saturated rings. The van der Waals surface area contributed by atoms with Crippen LogP contribution in [-0.4, -0.2) is 24.7 Å². The van der Waals surface area contributed by atoms with E-state index < -0.39 is 0 Å². The predicted octanol–water partition coefficient (Wildman–Crippen LogP) is 3.55. The Bertz CT molecular complexity index is 1140. The fraction of sp³-hybridized carbons (Fsp3) is 0.158. The minimum absolute atomic E-state index is 0.222. The number of halogens is 1. The maximum atomic E-state index is 6.30. The number of nitrogens with zero attached hydrogens (tertiary/aromatic N) is 5. The Kier molecular flexibility index (Phi) is 4.37. The standard InChI is InChI=1S/C19H17ClN6O/c1-11-12(4-3-5-14(11)20)13-6-7-15(17-18(13)22-9-23-19(17)21)27-8-16-24-10-26(2)25-16/h3-7,9-10H,8H2,1-2H3,(H2,21,22,23). The zero-order valence-electron chi connectivity index (χ0n) is 14.8. The van der Waals surface area contributed by atoms with Crippen molar-refractivity contribution >= 4 is 28.3 Å². The van der Waals surface area contributed by atoms with Gasteiger partial charge in [0.25, 0.3) is 0 Å². The van der Waals surface area contributed by atoms with Crippen molar-refractivity contribution in [3.05, 3.63) is 59.4 Å². The molecule has 2 N–H and O–H groups in total. The number of nitrogens with two attached hydrogens (primary N) is 1. The van der Waals surface area contributed by atoms with Crippen LogP contribution >= 0.6 is 11.6 Å². The summed E-state index contributed by atoms with van der Waals surface area (Å²) in [7, 11) is 1.81. The largest absolute Gasteiger partial charge is 0.485 e. The molecular formula is C19H17ClN6O. The Morgan fingerprint density at radius 2 is 1.96 bits per heavy atom. The van der Waals surface area contributed by atoms with Gasteiger partial charge in [-0.1, -0.05) is 23.7 Å². The Labute approximate surface area is 160 Å². The highest BCUT2D eigenvalue weighted by Crippen LogP contribution is 2.38. The van der Waals surface area contributed by atoms with Gasteiger partial charge in [-0.25, -0.2) is 15.0 Å². The molecule has 0 aliphatic heterocycles. The molecule has 2 aromatic carbocycles. The average Bonchev–Trinajstić information content (AvgIpc) is 3.08. The molecule has 0 bridgehead atoms. The van der Waals surface area contributed by atoms with Crippen LogP contribution in [0.2, 0.25) is 5.02 Å². The predicted molar refractivity (Wildman–Crippen MR) is 104 cm³/mol. The highest BCUT2D eigenvalue weighted by atomic mass is 35.5. The van der Waals surface area contributed by atoms with Gasteiger partial charge < -0.3 is 10.5 Å². The molecule has 27 heavy (non-hydrogen) atoms. The van der Waals surface area contributed by atoms with E-state index in [-0.39, 0.29) is 6.61 Å².